The van der Waals surface area contributed by atoms with Gasteiger partial charge in [-0.1, -0.05) is 13.0 Å². The maximum absolute atomic E-state index is 13.4. The van der Waals surface area contributed by atoms with Crippen LogP contribution in [-0.4, -0.2) is 76.1 Å². The Morgan fingerprint density at radius 2 is 1.97 bits per heavy atom. The molecular formula is C22H29N5O3. The minimum absolute atomic E-state index is 0.0358. The molecule has 0 aromatic carbocycles. The van der Waals surface area contributed by atoms with Crippen molar-refractivity contribution in [3.8, 4) is 0 Å². The molecule has 8 nitrogen and oxygen atoms in total. The van der Waals surface area contributed by atoms with Crippen molar-refractivity contribution in [2.45, 2.75) is 26.8 Å². The fraction of sp³-hybridized carbons (Fsp3) is 0.500. The summed E-state index contributed by atoms with van der Waals surface area (Å²) in [7, 11) is 1.66. The average molecular weight is 412 g/mol. The number of ether oxygens (including phenoxy) is 1. The van der Waals surface area contributed by atoms with Gasteiger partial charge in [-0.15, -0.1) is 0 Å². The Hall–Kier alpha value is -2.71. The van der Waals surface area contributed by atoms with Crippen LogP contribution in [-0.2, 0) is 11.3 Å². The molecule has 0 aliphatic carbocycles. The summed E-state index contributed by atoms with van der Waals surface area (Å²) in [6.07, 6.45) is 2.46. The van der Waals surface area contributed by atoms with Gasteiger partial charge in [0.1, 0.15) is 17.0 Å². The third-order valence-electron chi connectivity index (χ3n) is 5.95. The Balaban J connectivity index is 1.81. The molecule has 8 heteroatoms. The number of amides is 1. The van der Waals surface area contributed by atoms with Gasteiger partial charge in [0, 0.05) is 52.6 Å². The number of likely N-dealkylation sites (N-methyl/N-ethyl adjacent to an activating group) is 1. The van der Waals surface area contributed by atoms with Crippen molar-refractivity contribution in [2.75, 3.05) is 46.4 Å². The summed E-state index contributed by atoms with van der Waals surface area (Å²) in [6.45, 7) is 9.34. The fourth-order valence-electron chi connectivity index (χ4n) is 4.16. The molecular weight excluding hydrogens is 382 g/mol. The SMILES string of the molecule is CCN1CCN(C(=O)c2cc3c(=O)n4cccc(C)c4nc3n2CCCOC)CC1. The van der Waals surface area contributed by atoms with E-state index in [9.17, 15) is 9.59 Å². The van der Waals surface area contributed by atoms with Crippen molar-refractivity contribution in [3.63, 3.8) is 0 Å². The van der Waals surface area contributed by atoms with Crippen LogP contribution in [0.3, 0.4) is 0 Å². The Labute approximate surface area is 175 Å². The van der Waals surface area contributed by atoms with E-state index < -0.39 is 0 Å². The van der Waals surface area contributed by atoms with Crippen LogP contribution in [0.4, 0.5) is 0 Å². The zero-order valence-corrected chi connectivity index (χ0v) is 17.9. The highest BCUT2D eigenvalue weighted by Gasteiger charge is 2.26. The lowest BCUT2D eigenvalue weighted by Gasteiger charge is -2.34. The normalized spacial score (nSPS) is 15.4. The Bertz CT molecular complexity index is 1130. The molecule has 1 aliphatic heterocycles. The fourth-order valence-corrected chi connectivity index (χ4v) is 4.16. The molecule has 0 unspecified atom stereocenters. The molecule has 0 radical (unpaired) electrons. The first-order valence-electron chi connectivity index (χ1n) is 10.6. The third kappa shape index (κ3) is 3.61. The summed E-state index contributed by atoms with van der Waals surface area (Å²) in [5.41, 5.74) is 2.50. The van der Waals surface area contributed by atoms with Crippen molar-refractivity contribution in [1.29, 1.82) is 0 Å². The smallest absolute Gasteiger partial charge is 0.270 e. The molecule has 30 heavy (non-hydrogen) atoms. The predicted octanol–water partition coefficient (Wildman–Crippen LogP) is 1.77. The molecule has 0 N–H and O–H groups in total. The zero-order valence-electron chi connectivity index (χ0n) is 17.9. The Morgan fingerprint density at radius 1 is 1.20 bits per heavy atom. The van der Waals surface area contributed by atoms with E-state index in [0.29, 0.717) is 48.6 Å². The van der Waals surface area contributed by atoms with Gasteiger partial charge >= 0.3 is 0 Å². The number of methoxy groups -OCH3 is 1. The van der Waals surface area contributed by atoms with Gasteiger partial charge in [0.25, 0.3) is 11.5 Å². The first kappa shape index (κ1) is 20.6. The van der Waals surface area contributed by atoms with Crippen LogP contribution in [0.1, 0.15) is 29.4 Å². The number of nitrogens with zero attached hydrogens (tertiary/aromatic N) is 5. The number of carbonyl (C=O) groups is 1. The molecule has 160 valence electrons. The van der Waals surface area contributed by atoms with Gasteiger partial charge in [0.05, 0.1) is 5.39 Å². The van der Waals surface area contributed by atoms with E-state index in [1.807, 2.05) is 28.5 Å². The van der Waals surface area contributed by atoms with Gasteiger partial charge in [-0.2, -0.15) is 0 Å². The van der Waals surface area contributed by atoms with Crippen LogP contribution in [0.5, 0.6) is 0 Å². The molecule has 4 rings (SSSR count). The van der Waals surface area contributed by atoms with Gasteiger partial charge in [-0.3, -0.25) is 14.0 Å². The minimum atomic E-state index is -0.144. The van der Waals surface area contributed by atoms with Gasteiger partial charge in [-0.05, 0) is 37.6 Å². The van der Waals surface area contributed by atoms with Crippen LogP contribution in [0, 0.1) is 6.92 Å². The summed E-state index contributed by atoms with van der Waals surface area (Å²) >= 11 is 0. The summed E-state index contributed by atoms with van der Waals surface area (Å²) in [5, 5.41) is 0.478. The van der Waals surface area contributed by atoms with Crippen molar-refractivity contribution >= 4 is 22.6 Å². The maximum Gasteiger partial charge on any atom is 0.270 e. The van der Waals surface area contributed by atoms with Crippen LogP contribution < -0.4 is 5.56 Å². The molecule has 1 aliphatic rings. The van der Waals surface area contributed by atoms with Gasteiger partial charge < -0.3 is 19.1 Å². The molecule has 1 amide bonds. The molecule has 1 fully saturated rings. The van der Waals surface area contributed by atoms with E-state index in [0.717, 1.165) is 31.6 Å². The van der Waals surface area contributed by atoms with Gasteiger partial charge in [0.2, 0.25) is 0 Å². The predicted molar refractivity (Wildman–Crippen MR) is 116 cm³/mol. The highest BCUT2D eigenvalue weighted by Crippen LogP contribution is 2.20. The lowest BCUT2D eigenvalue weighted by molar-refractivity contribution is 0.0632. The first-order chi connectivity index (χ1) is 14.5. The van der Waals surface area contributed by atoms with E-state index in [1.54, 1.807) is 23.8 Å². The monoisotopic (exact) mass is 411 g/mol. The summed E-state index contributed by atoms with van der Waals surface area (Å²) in [5.74, 6) is -0.0358. The van der Waals surface area contributed by atoms with Gasteiger partial charge in [0.15, 0.2) is 0 Å². The number of fused-ring (bicyclic) bond motifs is 2. The number of hydrogen-bond acceptors (Lipinski definition) is 5. The second-order valence-corrected chi connectivity index (χ2v) is 7.79. The molecule has 1 saturated heterocycles. The zero-order chi connectivity index (χ0) is 21.3. The molecule has 0 saturated carbocycles. The topological polar surface area (TPSA) is 72.1 Å². The summed E-state index contributed by atoms with van der Waals surface area (Å²) in [4.78, 5) is 35.6. The van der Waals surface area contributed by atoms with E-state index in [2.05, 4.69) is 11.8 Å². The molecule has 4 heterocycles. The standard InChI is InChI=1S/C22H29N5O3/c1-4-24-10-12-25(13-11-24)22(29)18-15-17-20(26(18)9-6-14-30-3)23-19-16(2)7-5-8-27(19)21(17)28/h5,7-8,15H,4,6,9-14H2,1-3H3. The maximum atomic E-state index is 13.4. The Kier molecular flexibility index (Phi) is 5.87. The van der Waals surface area contributed by atoms with Crippen LogP contribution in [0.2, 0.25) is 0 Å². The summed E-state index contributed by atoms with van der Waals surface area (Å²) in [6, 6.07) is 5.50. The van der Waals surface area contributed by atoms with E-state index in [-0.39, 0.29) is 11.5 Å². The lowest BCUT2D eigenvalue weighted by Crippen LogP contribution is -2.48. The number of hydrogen-bond donors (Lipinski definition) is 0. The quantitative estimate of drug-likeness (QED) is 0.578. The highest BCUT2D eigenvalue weighted by molar-refractivity contribution is 5.98. The largest absolute Gasteiger partial charge is 0.385 e. The van der Waals surface area contributed by atoms with Crippen LogP contribution >= 0.6 is 0 Å². The summed E-state index contributed by atoms with van der Waals surface area (Å²) < 4.78 is 8.67. The molecule has 0 spiro atoms. The molecule has 0 bridgehead atoms. The van der Waals surface area contributed by atoms with Crippen molar-refractivity contribution < 1.29 is 9.53 Å². The van der Waals surface area contributed by atoms with E-state index >= 15 is 0 Å². The number of pyridine rings is 1. The number of rotatable bonds is 6. The molecule has 3 aromatic rings. The number of aromatic nitrogens is 3. The second kappa shape index (κ2) is 8.57. The molecule has 3 aromatic heterocycles. The van der Waals surface area contributed by atoms with Crippen molar-refractivity contribution in [1.82, 2.24) is 23.8 Å². The Morgan fingerprint density at radius 3 is 2.67 bits per heavy atom. The lowest BCUT2D eigenvalue weighted by atomic mass is 10.2. The number of aryl methyl sites for hydroxylation is 2. The first-order valence-corrected chi connectivity index (χ1v) is 10.6. The van der Waals surface area contributed by atoms with Crippen molar-refractivity contribution in [3.05, 3.63) is 46.0 Å². The third-order valence-corrected chi connectivity index (χ3v) is 5.95. The van der Waals surface area contributed by atoms with E-state index in [4.69, 9.17) is 9.72 Å². The van der Waals surface area contributed by atoms with Crippen LogP contribution in [0.15, 0.2) is 29.2 Å². The second-order valence-electron chi connectivity index (χ2n) is 7.79. The van der Waals surface area contributed by atoms with E-state index in [1.165, 1.54) is 0 Å². The molecule has 0 atom stereocenters. The van der Waals surface area contributed by atoms with Gasteiger partial charge in [-0.25, -0.2) is 4.98 Å². The van der Waals surface area contributed by atoms with Crippen molar-refractivity contribution in [2.24, 2.45) is 0 Å². The number of piperazine rings is 1. The minimum Gasteiger partial charge on any atom is -0.385 e. The average Bonchev–Trinajstić information content (AvgIpc) is 3.13. The highest BCUT2D eigenvalue weighted by atomic mass is 16.5. The van der Waals surface area contributed by atoms with Crippen LogP contribution in [0.25, 0.3) is 16.7 Å². The number of carbonyl (C=O) groups excluding carboxylic acids is 1.